The van der Waals surface area contributed by atoms with Crippen molar-refractivity contribution in [3.63, 3.8) is 0 Å². The standard InChI is InChI=1S/C13H9O/c1-3-10-8-9-13(14-2)12-7-5-4-6-11(10)12/h4-9H,2H3/q-1. The zero-order chi connectivity index (χ0) is 9.97. The van der Waals surface area contributed by atoms with Crippen LogP contribution >= 0.6 is 0 Å². The van der Waals surface area contributed by atoms with E-state index in [9.17, 15) is 0 Å². The number of hydrogen-bond donors (Lipinski definition) is 0. The van der Waals surface area contributed by atoms with Crippen molar-refractivity contribution in [2.75, 3.05) is 7.11 Å². The van der Waals surface area contributed by atoms with Gasteiger partial charge in [0.05, 0.1) is 7.11 Å². The molecule has 0 heterocycles. The van der Waals surface area contributed by atoms with Gasteiger partial charge in [0, 0.05) is 5.39 Å². The second-order valence-electron chi connectivity index (χ2n) is 2.99. The summed E-state index contributed by atoms with van der Waals surface area (Å²) in [5.74, 6) is 3.25. The molecule has 0 aliphatic carbocycles. The first-order chi connectivity index (χ1) is 6.86. The topological polar surface area (TPSA) is 9.23 Å². The van der Waals surface area contributed by atoms with Gasteiger partial charge in [-0.1, -0.05) is 29.7 Å². The Kier molecular flexibility index (Phi) is 2.12. The maximum absolute atomic E-state index is 7.16. The van der Waals surface area contributed by atoms with Crippen molar-refractivity contribution >= 4 is 10.8 Å². The molecule has 0 N–H and O–H groups in total. The minimum absolute atomic E-state index is 0.793. The summed E-state index contributed by atoms with van der Waals surface area (Å²) < 4.78 is 5.24. The van der Waals surface area contributed by atoms with Crippen LogP contribution in [-0.2, 0) is 0 Å². The first-order valence-corrected chi connectivity index (χ1v) is 4.35. The van der Waals surface area contributed by atoms with E-state index >= 15 is 0 Å². The summed E-state index contributed by atoms with van der Waals surface area (Å²) in [6.07, 6.45) is 7.16. The second kappa shape index (κ2) is 3.43. The van der Waals surface area contributed by atoms with Crippen LogP contribution in [0.2, 0.25) is 0 Å². The molecule has 0 saturated heterocycles. The molecule has 68 valence electrons. The van der Waals surface area contributed by atoms with Crippen LogP contribution < -0.4 is 4.74 Å². The molecule has 0 unspecified atom stereocenters. The highest BCUT2D eigenvalue weighted by Crippen LogP contribution is 2.27. The van der Waals surface area contributed by atoms with Crippen LogP contribution in [0.15, 0.2) is 36.4 Å². The Morgan fingerprint density at radius 1 is 1.07 bits per heavy atom. The molecular weight excluding hydrogens is 172 g/mol. The highest BCUT2D eigenvalue weighted by molar-refractivity contribution is 5.92. The Morgan fingerprint density at radius 3 is 2.43 bits per heavy atom. The summed E-state index contributed by atoms with van der Waals surface area (Å²) in [4.78, 5) is 0. The second-order valence-corrected chi connectivity index (χ2v) is 2.99. The van der Waals surface area contributed by atoms with Gasteiger partial charge in [-0.15, -0.1) is 11.6 Å². The predicted octanol–water partition coefficient (Wildman–Crippen LogP) is 2.79. The van der Waals surface area contributed by atoms with E-state index in [-0.39, 0.29) is 0 Å². The Labute approximate surface area is 83.3 Å². The SMILES string of the molecule is [C-]#Cc1ccc(OC)c2ccccc12. The van der Waals surface area contributed by atoms with E-state index in [0.717, 1.165) is 22.1 Å². The molecular formula is C13H9O-. The summed E-state index contributed by atoms with van der Waals surface area (Å²) in [6, 6.07) is 11.6. The molecule has 0 atom stereocenters. The van der Waals surface area contributed by atoms with Gasteiger partial charge in [0.15, 0.2) is 0 Å². The van der Waals surface area contributed by atoms with Gasteiger partial charge in [-0.25, -0.2) is 0 Å². The van der Waals surface area contributed by atoms with E-state index in [4.69, 9.17) is 11.2 Å². The van der Waals surface area contributed by atoms with Gasteiger partial charge in [-0.2, -0.15) is 0 Å². The van der Waals surface area contributed by atoms with Gasteiger partial charge in [0.25, 0.3) is 0 Å². The molecule has 0 aliphatic heterocycles. The summed E-state index contributed by atoms with van der Waals surface area (Å²) in [5, 5.41) is 2.02. The number of fused-ring (bicyclic) bond motifs is 1. The van der Waals surface area contributed by atoms with Crippen LogP contribution in [0.25, 0.3) is 10.8 Å². The lowest BCUT2D eigenvalue weighted by Gasteiger charge is -2.11. The lowest BCUT2D eigenvalue weighted by atomic mass is 10.0. The highest BCUT2D eigenvalue weighted by atomic mass is 16.5. The third kappa shape index (κ3) is 1.22. The lowest BCUT2D eigenvalue weighted by Crippen LogP contribution is -1.86. The van der Waals surface area contributed by atoms with Crippen LogP contribution in [0.5, 0.6) is 5.75 Å². The van der Waals surface area contributed by atoms with E-state index in [1.807, 2.05) is 36.4 Å². The summed E-state index contributed by atoms with van der Waals surface area (Å²) in [7, 11) is 1.65. The minimum atomic E-state index is 0.793. The fourth-order valence-electron chi connectivity index (χ4n) is 1.56. The lowest BCUT2D eigenvalue weighted by molar-refractivity contribution is 0.420. The monoisotopic (exact) mass is 181 g/mol. The molecule has 1 heteroatoms. The van der Waals surface area contributed by atoms with E-state index in [1.54, 1.807) is 7.11 Å². The van der Waals surface area contributed by atoms with Crippen LogP contribution in [0.1, 0.15) is 5.56 Å². The minimum Gasteiger partial charge on any atom is -0.496 e. The molecule has 2 aromatic rings. The maximum atomic E-state index is 7.16. The molecule has 2 rings (SSSR count). The van der Waals surface area contributed by atoms with Gasteiger partial charge in [0.2, 0.25) is 0 Å². The van der Waals surface area contributed by atoms with Crippen molar-refractivity contribution in [1.82, 2.24) is 0 Å². The molecule has 0 saturated carbocycles. The fourth-order valence-corrected chi connectivity index (χ4v) is 1.56. The van der Waals surface area contributed by atoms with Gasteiger partial charge < -0.3 is 11.2 Å². The van der Waals surface area contributed by atoms with Gasteiger partial charge >= 0.3 is 0 Å². The Bertz CT molecular complexity index is 506. The molecule has 0 radical (unpaired) electrons. The average Bonchev–Trinajstić information content (AvgIpc) is 2.27. The normalized spacial score (nSPS) is 9.71. The molecule has 0 aromatic heterocycles. The maximum Gasteiger partial charge on any atom is 0.123 e. The van der Waals surface area contributed by atoms with Crippen LogP contribution in [0, 0.1) is 12.3 Å². The molecule has 1 nitrogen and oxygen atoms in total. The molecule has 0 fully saturated rings. The number of ether oxygens (including phenoxy) is 1. The first kappa shape index (κ1) is 8.65. The van der Waals surface area contributed by atoms with Crippen molar-refractivity contribution in [2.24, 2.45) is 0 Å². The molecule has 0 amide bonds. The molecule has 14 heavy (non-hydrogen) atoms. The number of benzene rings is 2. The van der Waals surface area contributed by atoms with E-state index in [0.29, 0.717) is 0 Å². The predicted molar refractivity (Wildman–Crippen MR) is 56.7 cm³/mol. The Hall–Kier alpha value is -1.94. The molecule has 0 aliphatic rings. The van der Waals surface area contributed by atoms with Crippen molar-refractivity contribution in [2.45, 2.75) is 0 Å². The van der Waals surface area contributed by atoms with Crippen LogP contribution in [-0.4, -0.2) is 7.11 Å². The van der Waals surface area contributed by atoms with Crippen molar-refractivity contribution < 1.29 is 4.74 Å². The number of rotatable bonds is 1. The summed E-state index contributed by atoms with van der Waals surface area (Å²) in [6.45, 7) is 0. The quantitative estimate of drug-likeness (QED) is 0.485. The van der Waals surface area contributed by atoms with Gasteiger partial charge in [-0.05, 0) is 6.07 Å². The Balaban J connectivity index is 2.87. The number of methoxy groups -OCH3 is 1. The van der Waals surface area contributed by atoms with Gasteiger partial charge in [-0.3, -0.25) is 5.92 Å². The zero-order valence-electron chi connectivity index (χ0n) is 7.87. The summed E-state index contributed by atoms with van der Waals surface area (Å²) >= 11 is 0. The van der Waals surface area contributed by atoms with Crippen LogP contribution in [0.4, 0.5) is 0 Å². The molecule has 2 aromatic carbocycles. The highest BCUT2D eigenvalue weighted by Gasteiger charge is 1.98. The smallest absolute Gasteiger partial charge is 0.123 e. The van der Waals surface area contributed by atoms with E-state index in [1.165, 1.54) is 0 Å². The van der Waals surface area contributed by atoms with E-state index in [2.05, 4.69) is 5.92 Å². The molecule has 0 spiro atoms. The largest absolute Gasteiger partial charge is 0.496 e. The average molecular weight is 181 g/mol. The third-order valence-corrected chi connectivity index (χ3v) is 2.24. The van der Waals surface area contributed by atoms with Gasteiger partial charge in [0.1, 0.15) is 5.75 Å². The number of hydrogen-bond acceptors (Lipinski definition) is 1. The molecule has 0 bridgehead atoms. The van der Waals surface area contributed by atoms with Crippen molar-refractivity contribution in [1.29, 1.82) is 0 Å². The Morgan fingerprint density at radius 2 is 1.79 bits per heavy atom. The fraction of sp³-hybridized carbons (Fsp3) is 0.0769. The zero-order valence-corrected chi connectivity index (χ0v) is 7.87. The van der Waals surface area contributed by atoms with Crippen molar-refractivity contribution in [3.05, 3.63) is 48.4 Å². The van der Waals surface area contributed by atoms with Crippen LogP contribution in [0.3, 0.4) is 0 Å². The first-order valence-electron chi connectivity index (χ1n) is 4.35. The summed E-state index contributed by atoms with van der Waals surface area (Å²) in [5.41, 5.74) is 0.793. The third-order valence-electron chi connectivity index (χ3n) is 2.24. The van der Waals surface area contributed by atoms with E-state index < -0.39 is 0 Å². The van der Waals surface area contributed by atoms with Crippen molar-refractivity contribution in [3.8, 4) is 11.7 Å².